The summed E-state index contributed by atoms with van der Waals surface area (Å²) in [5.74, 6) is 1.04. The second kappa shape index (κ2) is 6.97. The van der Waals surface area contributed by atoms with Crippen LogP contribution >= 0.6 is 0 Å². The Labute approximate surface area is 104 Å². The Kier molecular flexibility index (Phi) is 5.92. The van der Waals surface area contributed by atoms with E-state index in [0.717, 1.165) is 13.1 Å². The van der Waals surface area contributed by atoms with Crippen LogP contribution in [0, 0.1) is 11.8 Å². The molecule has 0 saturated carbocycles. The van der Waals surface area contributed by atoms with Crippen molar-refractivity contribution < 1.29 is 14.6 Å². The fourth-order valence-corrected chi connectivity index (χ4v) is 2.72. The Hall–Kier alpha value is -0.610. The number of esters is 1. The zero-order chi connectivity index (χ0) is 12.8. The van der Waals surface area contributed by atoms with Gasteiger partial charge in [-0.15, -0.1) is 0 Å². The second-order valence-electron chi connectivity index (χ2n) is 5.33. The van der Waals surface area contributed by atoms with Crippen LogP contribution in [-0.2, 0) is 9.53 Å². The van der Waals surface area contributed by atoms with Gasteiger partial charge in [-0.1, -0.05) is 13.8 Å². The molecule has 1 aliphatic rings. The molecule has 3 unspecified atom stereocenters. The third-order valence-electron chi connectivity index (χ3n) is 3.12. The largest absolute Gasteiger partial charge is 0.466 e. The predicted octanol–water partition coefficient (Wildman–Crippen LogP) is 1.28. The maximum absolute atomic E-state index is 11.2. The number of ether oxygens (including phenoxy) is 1. The highest BCUT2D eigenvalue weighted by atomic mass is 16.5. The Balaban J connectivity index is 2.30. The quantitative estimate of drug-likeness (QED) is 0.739. The van der Waals surface area contributed by atoms with Gasteiger partial charge in [-0.3, -0.25) is 4.79 Å². The van der Waals surface area contributed by atoms with Crippen molar-refractivity contribution in [3.8, 4) is 0 Å². The van der Waals surface area contributed by atoms with Crippen molar-refractivity contribution in [3.63, 3.8) is 0 Å². The first-order valence-electron chi connectivity index (χ1n) is 6.57. The van der Waals surface area contributed by atoms with Gasteiger partial charge in [0.25, 0.3) is 0 Å². The molecule has 0 bridgehead atoms. The number of β-amino-alcohol motifs (C(OH)–C–C–N with tert-alkyl or cyclic N) is 1. The monoisotopic (exact) mass is 243 g/mol. The van der Waals surface area contributed by atoms with E-state index in [1.807, 2.05) is 0 Å². The fraction of sp³-hybridized carbons (Fsp3) is 0.923. The highest BCUT2D eigenvalue weighted by molar-refractivity contribution is 5.69. The molecule has 0 spiro atoms. The molecule has 4 heteroatoms. The van der Waals surface area contributed by atoms with E-state index in [0.29, 0.717) is 25.0 Å². The number of carbonyl (C=O) groups is 1. The number of aliphatic hydroxyl groups excluding tert-OH is 1. The molecule has 0 aromatic carbocycles. The molecule has 1 saturated heterocycles. The number of nitrogens with zero attached hydrogens (tertiary/aromatic N) is 1. The van der Waals surface area contributed by atoms with Crippen LogP contribution in [0.4, 0.5) is 0 Å². The zero-order valence-corrected chi connectivity index (χ0v) is 11.2. The molecule has 0 radical (unpaired) electrons. The van der Waals surface area contributed by atoms with Gasteiger partial charge < -0.3 is 14.7 Å². The topological polar surface area (TPSA) is 49.8 Å². The molecular formula is C13H25NO3. The maximum atomic E-state index is 11.2. The summed E-state index contributed by atoms with van der Waals surface area (Å²) in [6.07, 6.45) is 0.754. The first-order chi connectivity index (χ1) is 8.01. The lowest BCUT2D eigenvalue weighted by Gasteiger charge is -2.35. The van der Waals surface area contributed by atoms with Crippen LogP contribution < -0.4 is 0 Å². The molecule has 3 atom stereocenters. The Bertz CT molecular complexity index is 235. The lowest BCUT2D eigenvalue weighted by Crippen LogP contribution is -2.43. The maximum Gasteiger partial charge on any atom is 0.308 e. The highest BCUT2D eigenvalue weighted by Crippen LogP contribution is 2.21. The van der Waals surface area contributed by atoms with Gasteiger partial charge in [0.2, 0.25) is 0 Å². The van der Waals surface area contributed by atoms with Crippen molar-refractivity contribution >= 4 is 5.97 Å². The van der Waals surface area contributed by atoms with Gasteiger partial charge in [0.05, 0.1) is 19.1 Å². The van der Waals surface area contributed by atoms with Gasteiger partial charge in [0.15, 0.2) is 0 Å². The Morgan fingerprint density at radius 2 is 2.00 bits per heavy atom. The minimum absolute atomic E-state index is 0.104. The van der Waals surface area contributed by atoms with Gasteiger partial charge in [0.1, 0.15) is 0 Å². The first kappa shape index (κ1) is 14.5. The van der Waals surface area contributed by atoms with Crippen LogP contribution in [-0.4, -0.2) is 48.3 Å². The van der Waals surface area contributed by atoms with E-state index in [1.54, 1.807) is 6.92 Å². The van der Waals surface area contributed by atoms with Gasteiger partial charge in [-0.2, -0.15) is 0 Å². The summed E-state index contributed by atoms with van der Waals surface area (Å²) in [6.45, 7) is 9.24. The molecule has 1 rings (SSSR count). The second-order valence-corrected chi connectivity index (χ2v) is 5.33. The summed E-state index contributed by atoms with van der Waals surface area (Å²) < 4.78 is 4.83. The number of carbonyl (C=O) groups excluding carboxylic acids is 1. The molecule has 1 N–H and O–H groups in total. The molecule has 1 heterocycles. The van der Waals surface area contributed by atoms with Crippen LogP contribution in [0.2, 0.25) is 0 Å². The lowest BCUT2D eigenvalue weighted by atomic mass is 9.91. The minimum atomic E-state index is -0.605. The molecule has 1 fully saturated rings. The summed E-state index contributed by atoms with van der Waals surface area (Å²) >= 11 is 0. The van der Waals surface area contributed by atoms with E-state index in [4.69, 9.17) is 4.74 Å². The molecule has 0 amide bonds. The minimum Gasteiger partial charge on any atom is -0.466 e. The molecule has 0 aromatic heterocycles. The lowest BCUT2D eigenvalue weighted by molar-refractivity contribution is -0.145. The molecule has 1 aliphatic heterocycles. The van der Waals surface area contributed by atoms with E-state index in [1.165, 1.54) is 6.42 Å². The van der Waals surface area contributed by atoms with Crippen molar-refractivity contribution in [2.45, 2.75) is 39.7 Å². The van der Waals surface area contributed by atoms with Crippen LogP contribution in [0.1, 0.15) is 33.6 Å². The number of hydrogen-bond donors (Lipinski definition) is 1. The average Bonchev–Trinajstić information content (AvgIpc) is 2.14. The number of piperidine rings is 1. The molecular weight excluding hydrogens is 218 g/mol. The molecule has 0 aromatic rings. The average molecular weight is 243 g/mol. The Morgan fingerprint density at radius 1 is 1.41 bits per heavy atom. The summed E-state index contributed by atoms with van der Waals surface area (Å²) in [5.41, 5.74) is 0. The third kappa shape index (κ3) is 5.50. The summed E-state index contributed by atoms with van der Waals surface area (Å²) in [4.78, 5) is 13.5. The number of likely N-dealkylation sites (tertiary alicyclic amines) is 1. The van der Waals surface area contributed by atoms with Crippen LogP contribution in [0.5, 0.6) is 0 Å². The third-order valence-corrected chi connectivity index (χ3v) is 3.12. The van der Waals surface area contributed by atoms with Crippen molar-refractivity contribution in [3.05, 3.63) is 0 Å². The van der Waals surface area contributed by atoms with E-state index in [-0.39, 0.29) is 12.4 Å². The standard InChI is InChI=1S/C13H25NO3/c1-4-17-13(16)6-12(15)9-14-7-10(2)5-11(3)8-14/h10-12,15H,4-9H2,1-3H3. The van der Waals surface area contributed by atoms with Crippen LogP contribution in [0.25, 0.3) is 0 Å². The van der Waals surface area contributed by atoms with Crippen molar-refractivity contribution in [1.82, 2.24) is 4.90 Å². The van der Waals surface area contributed by atoms with Gasteiger partial charge in [-0.25, -0.2) is 0 Å². The van der Waals surface area contributed by atoms with E-state index < -0.39 is 6.10 Å². The van der Waals surface area contributed by atoms with Gasteiger partial charge in [0, 0.05) is 19.6 Å². The van der Waals surface area contributed by atoms with Gasteiger partial charge in [-0.05, 0) is 25.2 Å². The van der Waals surface area contributed by atoms with Crippen molar-refractivity contribution in [2.24, 2.45) is 11.8 Å². The van der Waals surface area contributed by atoms with Crippen LogP contribution in [0.15, 0.2) is 0 Å². The normalized spacial score (nSPS) is 27.8. The van der Waals surface area contributed by atoms with Crippen molar-refractivity contribution in [1.29, 1.82) is 0 Å². The highest BCUT2D eigenvalue weighted by Gasteiger charge is 2.24. The number of hydrogen-bond acceptors (Lipinski definition) is 4. The molecule has 17 heavy (non-hydrogen) atoms. The number of rotatable bonds is 5. The van der Waals surface area contributed by atoms with Gasteiger partial charge >= 0.3 is 5.97 Å². The summed E-state index contributed by atoms with van der Waals surface area (Å²) in [6, 6.07) is 0. The smallest absolute Gasteiger partial charge is 0.308 e. The SMILES string of the molecule is CCOC(=O)CC(O)CN1CC(C)CC(C)C1. The Morgan fingerprint density at radius 3 is 2.53 bits per heavy atom. The van der Waals surface area contributed by atoms with E-state index in [2.05, 4.69) is 18.7 Å². The van der Waals surface area contributed by atoms with E-state index >= 15 is 0 Å². The van der Waals surface area contributed by atoms with Crippen molar-refractivity contribution in [2.75, 3.05) is 26.2 Å². The van der Waals surface area contributed by atoms with E-state index in [9.17, 15) is 9.90 Å². The summed E-state index contributed by atoms with van der Waals surface area (Å²) in [7, 11) is 0. The molecule has 0 aliphatic carbocycles. The number of aliphatic hydroxyl groups is 1. The first-order valence-corrected chi connectivity index (χ1v) is 6.57. The predicted molar refractivity (Wildman–Crippen MR) is 66.6 cm³/mol. The van der Waals surface area contributed by atoms with Crippen LogP contribution in [0.3, 0.4) is 0 Å². The molecule has 100 valence electrons. The zero-order valence-electron chi connectivity index (χ0n) is 11.2. The fourth-order valence-electron chi connectivity index (χ4n) is 2.72. The molecule has 4 nitrogen and oxygen atoms in total. The summed E-state index contributed by atoms with van der Waals surface area (Å²) in [5, 5.41) is 9.83.